The fourth-order valence-corrected chi connectivity index (χ4v) is 4.40. The van der Waals surface area contributed by atoms with E-state index in [9.17, 15) is 4.79 Å². The van der Waals surface area contributed by atoms with Crippen LogP contribution in [0.5, 0.6) is 11.5 Å². The smallest absolute Gasteiger partial charge is 0.263 e. The van der Waals surface area contributed by atoms with E-state index in [0.717, 1.165) is 22.2 Å². The van der Waals surface area contributed by atoms with Crippen LogP contribution in [0.3, 0.4) is 0 Å². The van der Waals surface area contributed by atoms with Crippen LogP contribution in [0, 0.1) is 0 Å². The Morgan fingerprint density at radius 3 is 2.73 bits per heavy atom. The average Bonchev–Trinajstić information content (AvgIpc) is 3.36. The number of pyridine rings is 1. The third-order valence-corrected chi connectivity index (χ3v) is 6.20. The van der Waals surface area contributed by atoms with Gasteiger partial charge in [0.1, 0.15) is 9.71 Å². The number of amides is 1. The SMILES string of the molecule is Nc1c(C(=O)NCc2ccc3c(c2)OCO3)sc2nc(-c3ccc(Cl)cc3)ccc12. The summed E-state index contributed by atoms with van der Waals surface area (Å²) in [6.45, 7) is 0.571. The van der Waals surface area contributed by atoms with Crippen molar-refractivity contribution in [1.29, 1.82) is 0 Å². The Hall–Kier alpha value is -3.29. The highest BCUT2D eigenvalue weighted by Crippen LogP contribution is 2.35. The van der Waals surface area contributed by atoms with Crippen LogP contribution in [0.4, 0.5) is 5.69 Å². The minimum absolute atomic E-state index is 0.217. The maximum atomic E-state index is 12.8. The lowest BCUT2D eigenvalue weighted by atomic mass is 10.1. The zero-order valence-corrected chi connectivity index (χ0v) is 17.2. The van der Waals surface area contributed by atoms with Gasteiger partial charge in [-0.2, -0.15) is 0 Å². The number of fused-ring (bicyclic) bond motifs is 2. The molecule has 8 heteroatoms. The van der Waals surface area contributed by atoms with Crippen molar-refractivity contribution in [3.63, 3.8) is 0 Å². The van der Waals surface area contributed by atoms with Crippen LogP contribution in [0.1, 0.15) is 15.2 Å². The molecule has 0 saturated carbocycles. The third kappa shape index (κ3) is 3.42. The lowest BCUT2D eigenvalue weighted by molar-refractivity contribution is 0.0955. The van der Waals surface area contributed by atoms with E-state index >= 15 is 0 Å². The van der Waals surface area contributed by atoms with Gasteiger partial charge in [0.05, 0.1) is 11.4 Å². The molecule has 0 aliphatic carbocycles. The lowest BCUT2D eigenvalue weighted by Crippen LogP contribution is -2.22. The van der Waals surface area contributed by atoms with Gasteiger partial charge in [-0.3, -0.25) is 4.79 Å². The maximum absolute atomic E-state index is 12.8. The van der Waals surface area contributed by atoms with Crippen molar-refractivity contribution in [3.8, 4) is 22.8 Å². The minimum atomic E-state index is -0.235. The molecule has 4 aromatic rings. The number of benzene rings is 2. The number of carbonyl (C=O) groups is 1. The minimum Gasteiger partial charge on any atom is -0.454 e. The van der Waals surface area contributed by atoms with Crippen LogP contribution in [0.25, 0.3) is 21.5 Å². The summed E-state index contributed by atoms with van der Waals surface area (Å²) in [6.07, 6.45) is 0. The molecule has 6 nitrogen and oxygen atoms in total. The molecule has 0 bridgehead atoms. The van der Waals surface area contributed by atoms with Crippen molar-refractivity contribution in [3.05, 3.63) is 70.1 Å². The van der Waals surface area contributed by atoms with E-state index in [4.69, 9.17) is 26.8 Å². The third-order valence-electron chi connectivity index (χ3n) is 4.83. The summed E-state index contributed by atoms with van der Waals surface area (Å²) in [5.41, 5.74) is 9.34. The Morgan fingerprint density at radius 2 is 1.90 bits per heavy atom. The van der Waals surface area contributed by atoms with E-state index < -0.39 is 0 Å². The molecule has 1 amide bonds. The molecule has 2 aromatic heterocycles. The van der Waals surface area contributed by atoms with Crippen LogP contribution >= 0.6 is 22.9 Å². The summed E-state index contributed by atoms with van der Waals surface area (Å²) in [7, 11) is 0. The summed E-state index contributed by atoms with van der Waals surface area (Å²) in [5, 5.41) is 4.35. The van der Waals surface area contributed by atoms with E-state index in [2.05, 4.69) is 10.3 Å². The number of nitrogen functional groups attached to an aromatic ring is 1. The first kappa shape index (κ1) is 18.7. The predicted molar refractivity (Wildman–Crippen MR) is 118 cm³/mol. The van der Waals surface area contributed by atoms with Crippen molar-refractivity contribution in [1.82, 2.24) is 10.3 Å². The molecule has 5 rings (SSSR count). The summed E-state index contributed by atoms with van der Waals surface area (Å²) in [6, 6.07) is 16.8. The van der Waals surface area contributed by atoms with Crippen molar-refractivity contribution in [2.45, 2.75) is 6.54 Å². The standard InChI is InChI=1S/C22H16ClN3O3S/c23-14-4-2-13(3-5-14)16-7-6-15-19(24)20(30-22(15)26-16)21(27)25-10-12-1-8-17-18(9-12)29-11-28-17/h1-9H,10-11,24H2,(H,25,27). The predicted octanol–water partition coefficient (Wildman–Crippen LogP) is 4.86. The highest BCUT2D eigenvalue weighted by molar-refractivity contribution is 7.21. The summed E-state index contributed by atoms with van der Waals surface area (Å²) in [4.78, 5) is 18.6. The number of thiophene rings is 1. The summed E-state index contributed by atoms with van der Waals surface area (Å²) >= 11 is 7.24. The van der Waals surface area contributed by atoms with Crippen molar-refractivity contribution < 1.29 is 14.3 Å². The molecule has 3 N–H and O–H groups in total. The number of aromatic nitrogens is 1. The van der Waals surface area contributed by atoms with Gasteiger partial charge in [0.25, 0.3) is 5.91 Å². The number of hydrogen-bond acceptors (Lipinski definition) is 6. The normalized spacial score (nSPS) is 12.3. The average molecular weight is 438 g/mol. The second kappa shape index (κ2) is 7.51. The molecule has 2 aromatic carbocycles. The molecular weight excluding hydrogens is 422 g/mol. The Morgan fingerprint density at radius 1 is 1.10 bits per heavy atom. The highest BCUT2D eigenvalue weighted by Gasteiger charge is 2.18. The first-order valence-electron chi connectivity index (χ1n) is 9.20. The van der Waals surface area contributed by atoms with Crippen molar-refractivity contribution in [2.24, 2.45) is 0 Å². The highest BCUT2D eigenvalue weighted by atomic mass is 35.5. The van der Waals surface area contributed by atoms with E-state index in [1.165, 1.54) is 11.3 Å². The van der Waals surface area contributed by atoms with Crippen LogP contribution < -0.4 is 20.5 Å². The summed E-state index contributed by atoms with van der Waals surface area (Å²) in [5.74, 6) is 1.16. The second-order valence-corrected chi connectivity index (χ2v) is 8.21. The largest absolute Gasteiger partial charge is 0.454 e. The first-order chi connectivity index (χ1) is 14.6. The van der Waals surface area contributed by atoms with Gasteiger partial charge < -0.3 is 20.5 Å². The van der Waals surface area contributed by atoms with Gasteiger partial charge in [0.15, 0.2) is 11.5 Å². The van der Waals surface area contributed by atoms with Gasteiger partial charge in [0, 0.05) is 22.5 Å². The van der Waals surface area contributed by atoms with Gasteiger partial charge in [-0.25, -0.2) is 4.98 Å². The second-order valence-electron chi connectivity index (χ2n) is 6.77. The molecule has 150 valence electrons. The van der Waals surface area contributed by atoms with E-state index in [1.54, 1.807) is 0 Å². The molecule has 0 unspecified atom stereocenters. The van der Waals surface area contributed by atoms with Crippen LogP contribution in [0.15, 0.2) is 54.6 Å². The zero-order chi connectivity index (χ0) is 20.7. The number of halogens is 1. The monoisotopic (exact) mass is 437 g/mol. The van der Waals surface area contributed by atoms with Gasteiger partial charge in [0.2, 0.25) is 6.79 Å². The molecule has 0 radical (unpaired) electrons. The Bertz CT molecular complexity index is 1270. The number of anilines is 1. The lowest BCUT2D eigenvalue weighted by Gasteiger charge is -2.05. The molecule has 30 heavy (non-hydrogen) atoms. The number of hydrogen-bond donors (Lipinski definition) is 2. The molecule has 0 fully saturated rings. The van der Waals surface area contributed by atoms with Gasteiger partial charge in [-0.15, -0.1) is 11.3 Å². The maximum Gasteiger partial charge on any atom is 0.263 e. The van der Waals surface area contributed by atoms with Gasteiger partial charge in [-0.1, -0.05) is 29.8 Å². The fraction of sp³-hybridized carbons (Fsp3) is 0.0909. The van der Waals surface area contributed by atoms with Crippen LogP contribution in [-0.2, 0) is 6.54 Å². The number of ether oxygens (including phenoxy) is 2. The molecule has 0 spiro atoms. The first-order valence-corrected chi connectivity index (χ1v) is 10.4. The van der Waals surface area contributed by atoms with Crippen LogP contribution in [0.2, 0.25) is 5.02 Å². The van der Waals surface area contributed by atoms with E-state index in [0.29, 0.717) is 38.5 Å². The van der Waals surface area contributed by atoms with Crippen molar-refractivity contribution in [2.75, 3.05) is 12.5 Å². The molecule has 0 saturated heterocycles. The number of nitrogens with zero attached hydrogens (tertiary/aromatic N) is 1. The number of rotatable bonds is 4. The molecular formula is C22H16ClN3O3S. The van der Waals surface area contributed by atoms with E-state index in [-0.39, 0.29) is 12.7 Å². The fourth-order valence-electron chi connectivity index (χ4n) is 3.26. The Labute approximate surface area is 181 Å². The zero-order valence-electron chi connectivity index (χ0n) is 15.6. The summed E-state index contributed by atoms with van der Waals surface area (Å²) < 4.78 is 10.7. The number of nitrogens with two attached hydrogens (primary N) is 1. The van der Waals surface area contributed by atoms with E-state index in [1.807, 2.05) is 54.6 Å². The Balaban J connectivity index is 1.37. The molecule has 1 aliphatic rings. The quantitative estimate of drug-likeness (QED) is 0.476. The Kier molecular flexibility index (Phi) is 4.69. The van der Waals surface area contributed by atoms with Gasteiger partial charge in [-0.05, 0) is 42.0 Å². The topological polar surface area (TPSA) is 86.5 Å². The molecule has 0 atom stereocenters. The molecule has 3 heterocycles. The van der Waals surface area contributed by atoms with Crippen LogP contribution in [-0.4, -0.2) is 17.7 Å². The van der Waals surface area contributed by atoms with Gasteiger partial charge >= 0.3 is 0 Å². The molecule has 1 aliphatic heterocycles. The van der Waals surface area contributed by atoms with Crippen molar-refractivity contribution >= 4 is 44.7 Å². The number of carbonyl (C=O) groups excluding carboxylic acids is 1. The number of nitrogens with one attached hydrogen (secondary N) is 1.